The Kier molecular flexibility index (Phi) is 6.54. The summed E-state index contributed by atoms with van der Waals surface area (Å²) in [6, 6.07) is 36.2. The van der Waals surface area contributed by atoms with Crippen molar-refractivity contribution in [2.75, 3.05) is 0 Å². The number of benzene rings is 4. The molecule has 165 valence electrons. The van der Waals surface area contributed by atoms with E-state index in [9.17, 15) is 13.2 Å². The van der Waals surface area contributed by atoms with Gasteiger partial charge in [0.1, 0.15) is 0 Å². The van der Waals surface area contributed by atoms with Gasteiger partial charge < -0.3 is 0 Å². The SMILES string of the molecule is NS(=O)(=O)c1ccc(CC(Cc2cc[c]cc2)(C(=O)c2ccccc2)c2ccccc2)cc1. The van der Waals surface area contributed by atoms with E-state index in [1.54, 1.807) is 12.1 Å². The predicted molar refractivity (Wildman–Crippen MR) is 129 cm³/mol. The van der Waals surface area contributed by atoms with Crippen LogP contribution in [0.5, 0.6) is 0 Å². The summed E-state index contributed by atoms with van der Waals surface area (Å²) >= 11 is 0. The maximum Gasteiger partial charge on any atom is 0.238 e. The lowest BCUT2D eigenvalue weighted by atomic mass is 9.67. The molecule has 0 aliphatic carbocycles. The number of Topliss-reactive ketones (excluding diaryl/α,β-unsaturated/α-hetero) is 1. The lowest BCUT2D eigenvalue weighted by Crippen LogP contribution is -2.40. The second-order valence-corrected chi connectivity index (χ2v) is 9.66. The fraction of sp³-hybridized carbons (Fsp3) is 0.107. The van der Waals surface area contributed by atoms with Crippen molar-refractivity contribution in [1.82, 2.24) is 0 Å². The highest BCUT2D eigenvalue weighted by Crippen LogP contribution is 2.36. The Morgan fingerprint density at radius 1 is 0.727 bits per heavy atom. The van der Waals surface area contributed by atoms with Gasteiger partial charge in [0.25, 0.3) is 0 Å². The Balaban J connectivity index is 1.87. The average molecular weight is 455 g/mol. The number of ketones is 1. The molecule has 4 nitrogen and oxygen atoms in total. The van der Waals surface area contributed by atoms with Gasteiger partial charge in [-0.1, -0.05) is 97.1 Å². The van der Waals surface area contributed by atoms with Gasteiger partial charge in [-0.2, -0.15) is 0 Å². The van der Waals surface area contributed by atoms with Crippen molar-refractivity contribution in [3.05, 3.63) is 138 Å². The molecule has 2 N–H and O–H groups in total. The van der Waals surface area contributed by atoms with Gasteiger partial charge in [-0.3, -0.25) is 4.79 Å². The van der Waals surface area contributed by atoms with E-state index in [0.29, 0.717) is 18.4 Å². The normalized spacial score (nSPS) is 13.2. The van der Waals surface area contributed by atoms with Gasteiger partial charge in [-0.25, -0.2) is 13.6 Å². The van der Waals surface area contributed by atoms with Crippen molar-refractivity contribution in [3.63, 3.8) is 0 Å². The van der Waals surface area contributed by atoms with Crippen molar-refractivity contribution in [2.24, 2.45) is 5.14 Å². The Morgan fingerprint density at radius 3 is 1.79 bits per heavy atom. The fourth-order valence-corrected chi connectivity index (χ4v) is 4.73. The number of hydrogen-bond donors (Lipinski definition) is 1. The molecular weight excluding hydrogens is 430 g/mol. The van der Waals surface area contributed by atoms with Crippen LogP contribution in [-0.4, -0.2) is 14.2 Å². The van der Waals surface area contributed by atoms with Crippen LogP contribution >= 0.6 is 0 Å². The van der Waals surface area contributed by atoms with E-state index >= 15 is 0 Å². The first-order valence-corrected chi connectivity index (χ1v) is 12.2. The summed E-state index contributed by atoms with van der Waals surface area (Å²) in [5.41, 5.74) is 2.50. The minimum absolute atomic E-state index is 0.0117. The molecule has 1 atom stereocenters. The molecule has 0 aliphatic rings. The minimum Gasteiger partial charge on any atom is -0.293 e. The molecular formula is C28H24NO3S. The summed E-state index contributed by atoms with van der Waals surface area (Å²) in [4.78, 5) is 14.2. The highest BCUT2D eigenvalue weighted by Gasteiger charge is 2.40. The van der Waals surface area contributed by atoms with Gasteiger partial charge in [0, 0.05) is 5.56 Å². The van der Waals surface area contributed by atoms with Gasteiger partial charge in [0.2, 0.25) is 10.0 Å². The van der Waals surface area contributed by atoms with E-state index < -0.39 is 15.4 Å². The first-order chi connectivity index (χ1) is 15.9. The van der Waals surface area contributed by atoms with Crippen LogP contribution in [0.25, 0.3) is 0 Å². The molecule has 0 saturated heterocycles. The minimum atomic E-state index is -3.79. The molecule has 0 heterocycles. The van der Waals surface area contributed by atoms with Crippen LogP contribution in [0, 0.1) is 6.07 Å². The zero-order chi connectivity index (χ0) is 23.3. The molecule has 0 aliphatic heterocycles. The van der Waals surface area contributed by atoms with Gasteiger partial charge >= 0.3 is 0 Å². The first kappa shape index (κ1) is 22.6. The van der Waals surface area contributed by atoms with Crippen LogP contribution in [-0.2, 0) is 28.3 Å². The summed E-state index contributed by atoms with van der Waals surface area (Å²) in [6.07, 6.45) is 0.880. The van der Waals surface area contributed by atoms with Crippen LogP contribution in [0.1, 0.15) is 27.0 Å². The third kappa shape index (κ3) is 5.11. The van der Waals surface area contributed by atoms with E-state index in [2.05, 4.69) is 6.07 Å². The molecule has 0 saturated carbocycles. The zero-order valence-electron chi connectivity index (χ0n) is 18.0. The van der Waals surface area contributed by atoms with E-state index in [1.165, 1.54) is 12.1 Å². The largest absolute Gasteiger partial charge is 0.293 e. The molecule has 0 fully saturated rings. The molecule has 5 heteroatoms. The zero-order valence-corrected chi connectivity index (χ0v) is 18.8. The number of rotatable bonds is 8. The van der Waals surface area contributed by atoms with Crippen molar-refractivity contribution < 1.29 is 13.2 Å². The number of nitrogens with two attached hydrogens (primary N) is 1. The molecule has 0 spiro atoms. The average Bonchev–Trinajstić information content (AvgIpc) is 2.84. The van der Waals surface area contributed by atoms with Crippen LogP contribution < -0.4 is 5.14 Å². The third-order valence-electron chi connectivity index (χ3n) is 5.85. The van der Waals surface area contributed by atoms with E-state index in [-0.39, 0.29) is 10.7 Å². The highest BCUT2D eigenvalue weighted by molar-refractivity contribution is 7.89. The van der Waals surface area contributed by atoms with Crippen molar-refractivity contribution in [3.8, 4) is 0 Å². The first-order valence-electron chi connectivity index (χ1n) is 10.6. The Morgan fingerprint density at radius 2 is 1.24 bits per heavy atom. The maximum absolute atomic E-state index is 14.2. The van der Waals surface area contributed by atoms with Crippen molar-refractivity contribution >= 4 is 15.8 Å². The quantitative estimate of drug-likeness (QED) is 0.391. The Hall–Kier alpha value is -3.54. The predicted octanol–water partition coefficient (Wildman–Crippen LogP) is 4.74. The van der Waals surface area contributed by atoms with Crippen molar-refractivity contribution in [2.45, 2.75) is 23.2 Å². The smallest absolute Gasteiger partial charge is 0.238 e. The number of hydrogen-bond acceptors (Lipinski definition) is 3. The Bertz CT molecular complexity index is 1320. The third-order valence-corrected chi connectivity index (χ3v) is 6.78. The van der Waals surface area contributed by atoms with Crippen LogP contribution in [0.2, 0.25) is 0 Å². The van der Waals surface area contributed by atoms with Gasteiger partial charge in [-0.15, -0.1) is 0 Å². The van der Waals surface area contributed by atoms with Gasteiger partial charge in [0.15, 0.2) is 5.78 Å². The number of primary sulfonamides is 1. The number of carbonyl (C=O) groups is 1. The molecule has 1 unspecified atom stereocenters. The topological polar surface area (TPSA) is 77.2 Å². The lowest BCUT2D eigenvalue weighted by molar-refractivity contribution is 0.0879. The molecule has 4 aromatic rings. The van der Waals surface area contributed by atoms with Crippen LogP contribution in [0.3, 0.4) is 0 Å². The summed E-state index contributed by atoms with van der Waals surface area (Å²) in [7, 11) is -3.79. The summed E-state index contributed by atoms with van der Waals surface area (Å²) in [5.74, 6) is 0.0117. The molecule has 0 amide bonds. The van der Waals surface area contributed by atoms with Crippen molar-refractivity contribution in [1.29, 1.82) is 0 Å². The summed E-state index contributed by atoms with van der Waals surface area (Å²) in [5, 5.41) is 5.27. The standard InChI is InChI=1S/C28H24NO3S/c29-33(31,32)26-18-16-23(17-19-26)21-28(25-14-8-3-9-15-25,20-22-10-4-1-5-11-22)27(30)24-12-6-2-7-13-24/h2-19H,20-21H2,(H2,29,31,32). The molecule has 4 aromatic carbocycles. The monoisotopic (exact) mass is 454 g/mol. The lowest BCUT2D eigenvalue weighted by Gasteiger charge is -2.34. The highest BCUT2D eigenvalue weighted by atomic mass is 32.2. The molecule has 1 radical (unpaired) electrons. The Labute approximate surface area is 194 Å². The number of carbonyl (C=O) groups excluding carboxylic acids is 1. The fourth-order valence-electron chi connectivity index (χ4n) is 4.21. The number of sulfonamides is 1. The summed E-state index contributed by atoms with van der Waals surface area (Å²) < 4.78 is 23.4. The second-order valence-electron chi connectivity index (χ2n) is 8.09. The van der Waals surface area contributed by atoms with Gasteiger partial charge in [0.05, 0.1) is 10.3 Å². The molecule has 33 heavy (non-hydrogen) atoms. The molecule has 0 bridgehead atoms. The van der Waals surface area contributed by atoms with E-state index in [4.69, 9.17) is 5.14 Å². The molecule has 4 rings (SSSR count). The maximum atomic E-state index is 14.2. The van der Waals surface area contributed by atoms with Crippen LogP contribution in [0.4, 0.5) is 0 Å². The summed E-state index contributed by atoms with van der Waals surface area (Å²) in [6.45, 7) is 0. The van der Waals surface area contributed by atoms with Crippen LogP contribution in [0.15, 0.2) is 114 Å². The molecule has 0 aromatic heterocycles. The second kappa shape index (κ2) is 9.53. The van der Waals surface area contributed by atoms with E-state index in [0.717, 1.165) is 16.7 Å². The van der Waals surface area contributed by atoms with E-state index in [1.807, 2.05) is 84.9 Å². The van der Waals surface area contributed by atoms with Gasteiger partial charge in [-0.05, 0) is 47.7 Å².